The predicted molar refractivity (Wildman–Crippen MR) is 143 cm³/mol. The average Bonchev–Trinajstić information content (AvgIpc) is 3.44. The molecule has 4 aromatic heterocycles. The van der Waals surface area contributed by atoms with E-state index >= 15 is 0 Å². The Kier molecular flexibility index (Phi) is 6.83. The van der Waals surface area contributed by atoms with E-state index in [1.807, 2.05) is 6.07 Å². The second-order valence-corrected chi connectivity index (χ2v) is 11.8. The molecule has 0 saturated heterocycles. The van der Waals surface area contributed by atoms with Crippen molar-refractivity contribution < 1.29 is 22.1 Å². The zero-order valence-corrected chi connectivity index (χ0v) is 22.4. The van der Waals surface area contributed by atoms with Crippen LogP contribution in [0.3, 0.4) is 0 Å². The van der Waals surface area contributed by atoms with Crippen molar-refractivity contribution in [1.29, 1.82) is 0 Å². The molecule has 0 bridgehead atoms. The highest BCUT2D eigenvalue weighted by atomic mass is 32.2. The lowest BCUT2D eigenvalue weighted by Gasteiger charge is -2.29. The fraction of sp³-hybridized carbons (Fsp3) is 0.400. The number of aryl methyl sites for hydroxylation is 1. The number of pyridine rings is 1. The van der Waals surface area contributed by atoms with Crippen LogP contribution in [-0.2, 0) is 10.0 Å². The Hall–Kier alpha value is -4.11. The van der Waals surface area contributed by atoms with Crippen LogP contribution in [0.15, 0.2) is 46.3 Å². The number of sulfonamides is 1. The number of carbonyl (C=O) groups is 1. The molecule has 6 rings (SSSR count). The van der Waals surface area contributed by atoms with Crippen LogP contribution < -0.4 is 20.7 Å². The number of amides is 1. The Balaban J connectivity index is 1.18. The molecule has 2 aliphatic carbocycles. The number of hydrogen-bond donors (Lipinski definition) is 4. The van der Waals surface area contributed by atoms with Gasteiger partial charge in [-0.2, -0.15) is 0 Å². The molecule has 4 heterocycles. The zero-order chi connectivity index (χ0) is 27.9. The van der Waals surface area contributed by atoms with Crippen LogP contribution in [-0.4, -0.2) is 57.2 Å². The zero-order valence-electron chi connectivity index (χ0n) is 21.6. The summed E-state index contributed by atoms with van der Waals surface area (Å²) in [6, 6.07) is 3.41. The third kappa shape index (κ3) is 5.47. The molecule has 2 fully saturated rings. The number of nitrogens with zero attached hydrogens (tertiary/aromatic N) is 5. The van der Waals surface area contributed by atoms with Gasteiger partial charge in [0.2, 0.25) is 10.0 Å². The molecule has 0 aliphatic heterocycles. The number of anilines is 3. The summed E-state index contributed by atoms with van der Waals surface area (Å²) in [6.07, 6.45) is 9.80. The van der Waals surface area contributed by atoms with Gasteiger partial charge in [-0.05, 0) is 51.5 Å². The standard InChI is InChI=1S/C25H28FN9O4S/c1-14-22(13-29-39-14)40(37,38)34-17-6-4-16(5-7-17)31-23-10-20(30-15-2-3-15)24-28-12-21(35(24)33-23)25(36)32-19-8-9-27-11-18(19)26/h8-13,15-17,30,34H,2-7H2,1H3,(H,31,33)(H,27,32,36)/t16-,17-. The van der Waals surface area contributed by atoms with Gasteiger partial charge in [0.1, 0.15) is 10.7 Å². The molecule has 0 atom stereocenters. The first-order valence-corrected chi connectivity index (χ1v) is 14.5. The van der Waals surface area contributed by atoms with Gasteiger partial charge in [-0.3, -0.25) is 9.78 Å². The molecule has 13 nitrogen and oxygen atoms in total. The minimum atomic E-state index is -3.71. The Morgan fingerprint density at radius 3 is 2.45 bits per heavy atom. The van der Waals surface area contributed by atoms with Gasteiger partial charge in [-0.1, -0.05) is 5.16 Å². The molecule has 0 aromatic carbocycles. The second kappa shape index (κ2) is 10.5. The van der Waals surface area contributed by atoms with Crippen LogP contribution in [0, 0.1) is 12.7 Å². The molecule has 0 unspecified atom stereocenters. The molecule has 4 N–H and O–H groups in total. The van der Waals surface area contributed by atoms with Crippen molar-refractivity contribution in [3.05, 3.63) is 54.2 Å². The summed E-state index contributed by atoms with van der Waals surface area (Å²) in [7, 11) is -3.71. The van der Waals surface area contributed by atoms with E-state index in [1.165, 1.54) is 29.2 Å². The number of rotatable bonds is 9. The summed E-state index contributed by atoms with van der Waals surface area (Å²) in [5.74, 6) is -0.415. The lowest BCUT2D eigenvalue weighted by Crippen LogP contribution is -2.40. The first-order valence-electron chi connectivity index (χ1n) is 13.0. The summed E-state index contributed by atoms with van der Waals surface area (Å²) in [6.45, 7) is 1.56. The maximum absolute atomic E-state index is 14.1. The molecular formula is C25H28FN9O4S. The molecule has 0 spiro atoms. The molecule has 15 heteroatoms. The fourth-order valence-corrected chi connectivity index (χ4v) is 6.20. The summed E-state index contributed by atoms with van der Waals surface area (Å²) in [4.78, 5) is 21.2. The number of hydrogen-bond acceptors (Lipinski definition) is 10. The van der Waals surface area contributed by atoms with Crippen LogP contribution in [0.5, 0.6) is 0 Å². The van der Waals surface area contributed by atoms with E-state index in [4.69, 9.17) is 4.52 Å². The molecule has 0 radical (unpaired) electrons. The van der Waals surface area contributed by atoms with Gasteiger partial charge in [0.05, 0.1) is 30.0 Å². The lowest BCUT2D eigenvalue weighted by molar-refractivity contribution is 0.102. The Morgan fingerprint density at radius 1 is 1.02 bits per heavy atom. The van der Waals surface area contributed by atoms with E-state index in [0.29, 0.717) is 43.2 Å². The van der Waals surface area contributed by atoms with Gasteiger partial charge in [-0.15, -0.1) is 5.10 Å². The third-order valence-corrected chi connectivity index (χ3v) is 8.67. The second-order valence-electron chi connectivity index (χ2n) is 10.1. The van der Waals surface area contributed by atoms with Crippen molar-refractivity contribution in [3.63, 3.8) is 0 Å². The van der Waals surface area contributed by atoms with Gasteiger partial charge >= 0.3 is 0 Å². The van der Waals surface area contributed by atoms with Crippen LogP contribution >= 0.6 is 0 Å². The van der Waals surface area contributed by atoms with Crippen molar-refractivity contribution >= 4 is 38.8 Å². The Morgan fingerprint density at radius 2 is 1.75 bits per heavy atom. The smallest absolute Gasteiger partial charge is 0.276 e. The summed E-state index contributed by atoms with van der Waals surface area (Å²) < 4.78 is 48.6. The van der Waals surface area contributed by atoms with Crippen molar-refractivity contribution in [2.24, 2.45) is 0 Å². The summed E-state index contributed by atoms with van der Waals surface area (Å²) >= 11 is 0. The highest BCUT2D eigenvalue weighted by Crippen LogP contribution is 2.30. The highest BCUT2D eigenvalue weighted by Gasteiger charge is 2.29. The number of halogens is 1. The molecule has 2 saturated carbocycles. The van der Waals surface area contributed by atoms with E-state index in [9.17, 15) is 17.6 Å². The predicted octanol–water partition coefficient (Wildman–Crippen LogP) is 3.09. The average molecular weight is 570 g/mol. The number of fused-ring (bicyclic) bond motifs is 1. The minimum Gasteiger partial charge on any atom is -0.379 e. The largest absolute Gasteiger partial charge is 0.379 e. The van der Waals surface area contributed by atoms with Gasteiger partial charge in [0.25, 0.3) is 5.91 Å². The minimum absolute atomic E-state index is 0.00661. The Labute approximate surface area is 229 Å². The Bertz CT molecular complexity index is 1660. The van der Waals surface area contributed by atoms with Crippen LogP contribution in [0.2, 0.25) is 0 Å². The summed E-state index contributed by atoms with van der Waals surface area (Å²) in [5, 5.41) is 17.6. The number of aromatic nitrogens is 5. The van der Waals surface area contributed by atoms with Gasteiger partial charge in [0, 0.05) is 30.4 Å². The highest BCUT2D eigenvalue weighted by molar-refractivity contribution is 7.89. The molecule has 40 heavy (non-hydrogen) atoms. The fourth-order valence-electron chi connectivity index (χ4n) is 4.81. The van der Waals surface area contributed by atoms with Crippen molar-refractivity contribution in [2.75, 3.05) is 16.0 Å². The van der Waals surface area contributed by atoms with E-state index < -0.39 is 21.7 Å². The topological polar surface area (TPSA) is 168 Å². The van der Waals surface area contributed by atoms with Gasteiger partial charge in [0.15, 0.2) is 22.9 Å². The number of imidazole rings is 1. The SMILES string of the molecule is Cc1oncc1S(=O)(=O)N[C@H]1CC[C@H](Nc2cc(NC3CC3)c3ncc(C(=O)Nc4ccncc4F)n3n2)CC1. The van der Waals surface area contributed by atoms with Crippen LogP contribution in [0.25, 0.3) is 5.65 Å². The summed E-state index contributed by atoms with van der Waals surface area (Å²) in [5.41, 5.74) is 1.38. The third-order valence-electron chi connectivity index (χ3n) is 7.05. The van der Waals surface area contributed by atoms with E-state index in [2.05, 4.69) is 40.9 Å². The van der Waals surface area contributed by atoms with Crippen LogP contribution in [0.4, 0.5) is 21.6 Å². The van der Waals surface area contributed by atoms with Crippen LogP contribution in [0.1, 0.15) is 54.8 Å². The van der Waals surface area contributed by atoms with Gasteiger partial charge < -0.3 is 20.5 Å². The van der Waals surface area contributed by atoms with Crippen molar-refractivity contribution in [2.45, 2.75) is 68.5 Å². The van der Waals surface area contributed by atoms with E-state index in [1.54, 1.807) is 6.92 Å². The van der Waals surface area contributed by atoms with Crippen molar-refractivity contribution in [3.8, 4) is 0 Å². The normalized spacial score (nSPS) is 19.4. The van der Waals surface area contributed by atoms with E-state index in [-0.39, 0.29) is 34.1 Å². The molecule has 4 aromatic rings. The van der Waals surface area contributed by atoms with E-state index in [0.717, 1.165) is 24.7 Å². The van der Waals surface area contributed by atoms with Gasteiger partial charge in [-0.25, -0.2) is 27.0 Å². The first kappa shape index (κ1) is 26.1. The molecular weight excluding hydrogens is 541 g/mol. The molecule has 1 amide bonds. The lowest BCUT2D eigenvalue weighted by atomic mass is 9.92. The monoisotopic (exact) mass is 569 g/mol. The first-order chi connectivity index (χ1) is 19.3. The number of carbonyl (C=O) groups excluding carboxylic acids is 1. The maximum atomic E-state index is 14.1. The maximum Gasteiger partial charge on any atom is 0.276 e. The molecule has 2 aliphatic rings. The molecule has 210 valence electrons. The van der Waals surface area contributed by atoms with Crippen molar-refractivity contribution in [1.82, 2.24) is 29.5 Å². The number of nitrogens with one attached hydrogen (secondary N) is 4. The quantitative estimate of drug-likeness (QED) is 0.235.